The summed E-state index contributed by atoms with van der Waals surface area (Å²) in [6.07, 6.45) is 0.596. The Morgan fingerprint density at radius 1 is 1.20 bits per heavy atom. The Morgan fingerprint density at radius 2 is 1.94 bits per heavy atom. The van der Waals surface area contributed by atoms with Crippen molar-refractivity contribution in [2.45, 2.75) is 19.6 Å². The Kier molecular flexibility index (Phi) is 6.97. The van der Waals surface area contributed by atoms with Gasteiger partial charge in [0.25, 0.3) is 5.56 Å². The van der Waals surface area contributed by atoms with Gasteiger partial charge in [-0.3, -0.25) is 14.3 Å². The molecule has 0 unspecified atom stereocenters. The number of aliphatic hydroxyl groups is 1. The number of aromatic amines is 1. The minimum Gasteiger partial charge on any atom is -0.497 e. The summed E-state index contributed by atoms with van der Waals surface area (Å²) >= 11 is 0. The molecule has 0 aliphatic carbocycles. The zero-order valence-corrected chi connectivity index (χ0v) is 19.6. The van der Waals surface area contributed by atoms with Crippen LogP contribution in [0.1, 0.15) is 11.1 Å². The second-order valence-corrected chi connectivity index (χ2v) is 7.91. The predicted molar refractivity (Wildman–Crippen MR) is 132 cm³/mol. The van der Waals surface area contributed by atoms with E-state index in [1.165, 1.54) is 16.2 Å². The number of imidazole rings is 1. The van der Waals surface area contributed by atoms with Gasteiger partial charge in [0.2, 0.25) is 5.95 Å². The Bertz CT molecular complexity index is 1470. The van der Waals surface area contributed by atoms with Crippen molar-refractivity contribution in [2.24, 2.45) is 12.1 Å². The van der Waals surface area contributed by atoms with Gasteiger partial charge >= 0.3 is 5.69 Å². The standard InChI is InChI=1S/C24H26N6O5/c1-15-6-4-5-7-19(15)35-14-17(31)13-30-20-21(29(2)24(33)27-22(20)32)26-23(30)28-25-12-16-8-10-18(34-3)11-9-16/h4-12,17,31H,13-14H2,1-3H3,(H,26,28)(H,27,32,33)/b25-12-/t17-/m0/s1. The van der Waals surface area contributed by atoms with E-state index in [9.17, 15) is 14.7 Å². The van der Waals surface area contributed by atoms with Gasteiger partial charge in [0.05, 0.1) is 19.9 Å². The number of rotatable bonds is 9. The first-order valence-electron chi connectivity index (χ1n) is 10.9. The lowest BCUT2D eigenvalue weighted by Gasteiger charge is -2.16. The summed E-state index contributed by atoms with van der Waals surface area (Å²) in [6.45, 7) is 1.88. The number of hydrogen-bond donors (Lipinski definition) is 3. The lowest BCUT2D eigenvalue weighted by atomic mass is 10.2. The van der Waals surface area contributed by atoms with Crippen LogP contribution in [-0.2, 0) is 13.6 Å². The number of hydrazone groups is 1. The van der Waals surface area contributed by atoms with Gasteiger partial charge in [-0.1, -0.05) is 18.2 Å². The monoisotopic (exact) mass is 478 g/mol. The van der Waals surface area contributed by atoms with Crippen LogP contribution in [0.25, 0.3) is 11.2 Å². The van der Waals surface area contributed by atoms with Gasteiger partial charge in [-0.25, -0.2) is 10.2 Å². The molecule has 2 heterocycles. The number of methoxy groups -OCH3 is 1. The van der Waals surface area contributed by atoms with E-state index in [-0.39, 0.29) is 30.3 Å². The zero-order valence-electron chi connectivity index (χ0n) is 19.6. The molecule has 4 rings (SSSR count). The van der Waals surface area contributed by atoms with Crippen LogP contribution in [0.2, 0.25) is 0 Å². The van der Waals surface area contributed by atoms with Crippen molar-refractivity contribution in [2.75, 3.05) is 19.1 Å². The van der Waals surface area contributed by atoms with E-state index in [0.29, 0.717) is 5.75 Å². The Morgan fingerprint density at radius 3 is 2.66 bits per heavy atom. The van der Waals surface area contributed by atoms with Gasteiger partial charge in [0.15, 0.2) is 11.2 Å². The summed E-state index contributed by atoms with van der Waals surface area (Å²) in [5.74, 6) is 1.56. The number of ether oxygens (including phenoxy) is 2. The normalized spacial score (nSPS) is 12.2. The molecule has 2 aromatic carbocycles. The first kappa shape index (κ1) is 23.8. The second kappa shape index (κ2) is 10.3. The van der Waals surface area contributed by atoms with Crippen LogP contribution in [-0.4, -0.2) is 50.2 Å². The number of aromatic nitrogens is 4. The number of anilines is 1. The smallest absolute Gasteiger partial charge is 0.329 e. The first-order valence-corrected chi connectivity index (χ1v) is 10.9. The molecule has 3 N–H and O–H groups in total. The molecular weight excluding hydrogens is 452 g/mol. The summed E-state index contributed by atoms with van der Waals surface area (Å²) in [5, 5.41) is 14.9. The lowest BCUT2D eigenvalue weighted by Crippen LogP contribution is -2.30. The molecule has 0 bridgehead atoms. The maximum Gasteiger partial charge on any atom is 0.329 e. The maximum atomic E-state index is 12.6. The molecule has 0 aliphatic rings. The molecule has 0 radical (unpaired) electrons. The third-order valence-corrected chi connectivity index (χ3v) is 5.42. The summed E-state index contributed by atoms with van der Waals surface area (Å²) in [6, 6.07) is 14.7. The van der Waals surface area contributed by atoms with Crippen molar-refractivity contribution < 1.29 is 14.6 Å². The van der Waals surface area contributed by atoms with Gasteiger partial charge in [-0.15, -0.1) is 0 Å². The number of nitrogens with zero attached hydrogens (tertiary/aromatic N) is 4. The van der Waals surface area contributed by atoms with Gasteiger partial charge in [-0.2, -0.15) is 10.1 Å². The predicted octanol–water partition coefficient (Wildman–Crippen LogP) is 1.63. The highest BCUT2D eigenvalue weighted by molar-refractivity contribution is 5.80. The number of benzene rings is 2. The van der Waals surface area contributed by atoms with Crippen LogP contribution in [0.3, 0.4) is 0 Å². The number of H-pyrrole nitrogens is 1. The number of aliphatic hydroxyl groups excluding tert-OH is 1. The van der Waals surface area contributed by atoms with E-state index in [0.717, 1.165) is 16.9 Å². The fourth-order valence-electron chi connectivity index (χ4n) is 3.52. The topological polar surface area (TPSA) is 136 Å². The van der Waals surface area contributed by atoms with Crippen LogP contribution in [0.15, 0.2) is 63.2 Å². The van der Waals surface area contributed by atoms with Crippen LogP contribution in [0.5, 0.6) is 11.5 Å². The Hall–Kier alpha value is -4.38. The minimum absolute atomic E-state index is 0.0112. The van der Waals surface area contributed by atoms with Crippen LogP contribution >= 0.6 is 0 Å². The lowest BCUT2D eigenvalue weighted by molar-refractivity contribution is 0.0935. The van der Waals surface area contributed by atoms with Crippen molar-refractivity contribution in [3.63, 3.8) is 0 Å². The molecular formula is C24H26N6O5. The van der Waals surface area contributed by atoms with E-state index in [2.05, 4.69) is 20.5 Å². The summed E-state index contributed by atoms with van der Waals surface area (Å²) in [4.78, 5) is 31.3. The van der Waals surface area contributed by atoms with Gasteiger partial charge in [-0.05, 0) is 48.4 Å². The molecule has 11 nitrogen and oxygen atoms in total. The van der Waals surface area contributed by atoms with Gasteiger partial charge in [0, 0.05) is 7.05 Å². The number of hydrogen-bond acceptors (Lipinski definition) is 8. The fraction of sp³-hybridized carbons (Fsp3) is 0.250. The van der Waals surface area contributed by atoms with Crippen molar-refractivity contribution in [3.8, 4) is 11.5 Å². The SMILES string of the molecule is COc1ccc(/C=N\Nc2nc3c(c(=O)[nH]c(=O)n3C)n2C[C@H](O)COc2ccccc2C)cc1. The zero-order chi connectivity index (χ0) is 24.9. The Balaban J connectivity index is 1.61. The number of fused-ring (bicyclic) bond motifs is 1. The highest BCUT2D eigenvalue weighted by atomic mass is 16.5. The van der Waals surface area contributed by atoms with E-state index in [4.69, 9.17) is 9.47 Å². The molecule has 35 heavy (non-hydrogen) atoms. The summed E-state index contributed by atoms with van der Waals surface area (Å²) in [5.41, 5.74) is 3.63. The average molecular weight is 479 g/mol. The Labute approximate surface area is 200 Å². The highest BCUT2D eigenvalue weighted by Crippen LogP contribution is 2.19. The molecule has 0 fully saturated rings. The van der Waals surface area contributed by atoms with Gasteiger partial charge < -0.3 is 19.1 Å². The van der Waals surface area contributed by atoms with Crippen molar-refractivity contribution in [1.82, 2.24) is 19.1 Å². The van der Waals surface area contributed by atoms with Crippen molar-refractivity contribution in [3.05, 3.63) is 80.5 Å². The number of nitrogens with one attached hydrogen (secondary N) is 2. The first-order chi connectivity index (χ1) is 16.9. The van der Waals surface area contributed by atoms with Gasteiger partial charge in [0.1, 0.15) is 24.2 Å². The second-order valence-electron chi connectivity index (χ2n) is 7.91. The molecule has 0 spiro atoms. The average Bonchev–Trinajstić information content (AvgIpc) is 3.21. The molecule has 1 atom stereocenters. The largest absolute Gasteiger partial charge is 0.497 e. The molecule has 11 heteroatoms. The number of para-hydroxylation sites is 1. The third kappa shape index (κ3) is 5.25. The van der Waals surface area contributed by atoms with Crippen molar-refractivity contribution in [1.29, 1.82) is 0 Å². The fourth-order valence-corrected chi connectivity index (χ4v) is 3.52. The quantitative estimate of drug-likeness (QED) is 0.246. The molecule has 0 aliphatic heterocycles. The molecule has 0 amide bonds. The van der Waals surface area contributed by atoms with E-state index >= 15 is 0 Å². The molecule has 2 aromatic heterocycles. The molecule has 0 saturated heterocycles. The van der Waals surface area contributed by atoms with E-state index in [1.807, 2.05) is 43.3 Å². The minimum atomic E-state index is -0.977. The van der Waals surface area contributed by atoms with Crippen LogP contribution < -0.4 is 26.1 Å². The van der Waals surface area contributed by atoms with Crippen molar-refractivity contribution >= 4 is 23.3 Å². The molecule has 182 valence electrons. The third-order valence-electron chi connectivity index (χ3n) is 5.42. The van der Waals surface area contributed by atoms with Crippen LogP contribution in [0.4, 0.5) is 5.95 Å². The van der Waals surface area contributed by atoms with E-state index < -0.39 is 17.4 Å². The number of aryl methyl sites for hydroxylation is 2. The molecule has 4 aromatic rings. The van der Waals surface area contributed by atoms with Crippen LogP contribution in [0, 0.1) is 6.92 Å². The molecule has 0 saturated carbocycles. The summed E-state index contributed by atoms with van der Waals surface area (Å²) < 4.78 is 13.6. The highest BCUT2D eigenvalue weighted by Gasteiger charge is 2.20. The summed E-state index contributed by atoms with van der Waals surface area (Å²) in [7, 11) is 3.09. The maximum absolute atomic E-state index is 12.6. The van der Waals surface area contributed by atoms with E-state index in [1.54, 1.807) is 25.5 Å².